The number of hydrogen-bond donors (Lipinski definition) is 0. The summed E-state index contributed by atoms with van der Waals surface area (Å²) in [7, 11) is 1.69. The topological polar surface area (TPSA) is 60.1 Å². The van der Waals surface area contributed by atoms with E-state index in [2.05, 4.69) is 17.1 Å². The quantitative estimate of drug-likeness (QED) is 0.727. The molecule has 0 spiro atoms. The second kappa shape index (κ2) is 6.78. The van der Waals surface area contributed by atoms with Gasteiger partial charge in [-0.15, -0.1) is 0 Å². The first-order chi connectivity index (χ1) is 12.6. The maximum Gasteiger partial charge on any atom is 0.330 e. The van der Waals surface area contributed by atoms with Gasteiger partial charge in [0, 0.05) is 32.3 Å². The molecule has 0 saturated carbocycles. The van der Waals surface area contributed by atoms with Crippen LogP contribution < -0.4 is 5.69 Å². The van der Waals surface area contributed by atoms with Crippen molar-refractivity contribution in [3.63, 3.8) is 0 Å². The minimum atomic E-state index is -0.205. The van der Waals surface area contributed by atoms with Crippen molar-refractivity contribution in [3.05, 3.63) is 64.7 Å². The van der Waals surface area contributed by atoms with Crippen LogP contribution in [0.2, 0.25) is 0 Å². The molecule has 1 fully saturated rings. The molecule has 3 aromatic rings. The Morgan fingerprint density at radius 1 is 1.19 bits per heavy atom. The standard InChI is InChI=1S/C20H22N4O2/c1-22-19-17(10-5-11-21-19)24(20(22)26)14-18(25)23-12-6-9-16(13-23)15-7-3-2-4-8-15/h2-5,7-8,10-11,16H,6,9,12-14H2,1H3/t16-/m0/s1. The highest BCUT2D eigenvalue weighted by atomic mass is 16.2. The van der Waals surface area contributed by atoms with Crippen LogP contribution in [0.5, 0.6) is 0 Å². The summed E-state index contributed by atoms with van der Waals surface area (Å²) in [5, 5.41) is 0. The third-order valence-electron chi connectivity index (χ3n) is 5.23. The highest BCUT2D eigenvalue weighted by Crippen LogP contribution is 2.26. The Hall–Kier alpha value is -2.89. The predicted molar refractivity (Wildman–Crippen MR) is 100.0 cm³/mol. The third-order valence-corrected chi connectivity index (χ3v) is 5.23. The van der Waals surface area contributed by atoms with E-state index in [1.54, 1.807) is 19.3 Å². The molecule has 1 aromatic carbocycles. The van der Waals surface area contributed by atoms with E-state index in [-0.39, 0.29) is 18.1 Å². The molecule has 6 nitrogen and oxygen atoms in total. The molecule has 6 heteroatoms. The Bertz CT molecular complexity index is 990. The van der Waals surface area contributed by atoms with E-state index in [9.17, 15) is 9.59 Å². The van der Waals surface area contributed by atoms with Gasteiger partial charge in [-0.05, 0) is 30.5 Å². The molecule has 0 N–H and O–H groups in total. The van der Waals surface area contributed by atoms with Gasteiger partial charge in [0.15, 0.2) is 5.65 Å². The van der Waals surface area contributed by atoms with Gasteiger partial charge in [0.2, 0.25) is 5.91 Å². The number of nitrogens with zero attached hydrogens (tertiary/aromatic N) is 4. The zero-order valence-corrected chi connectivity index (χ0v) is 14.8. The van der Waals surface area contributed by atoms with E-state index < -0.39 is 0 Å². The second-order valence-electron chi connectivity index (χ2n) is 6.86. The number of amides is 1. The van der Waals surface area contributed by atoms with E-state index >= 15 is 0 Å². The lowest BCUT2D eigenvalue weighted by Crippen LogP contribution is -2.42. The van der Waals surface area contributed by atoms with Gasteiger partial charge in [-0.25, -0.2) is 9.78 Å². The number of aromatic nitrogens is 3. The maximum atomic E-state index is 12.9. The van der Waals surface area contributed by atoms with Crippen LogP contribution in [0.4, 0.5) is 0 Å². The lowest BCUT2D eigenvalue weighted by atomic mass is 9.90. The fourth-order valence-corrected chi connectivity index (χ4v) is 3.82. The molecule has 4 rings (SSSR count). The minimum Gasteiger partial charge on any atom is -0.341 e. The van der Waals surface area contributed by atoms with Crippen molar-refractivity contribution >= 4 is 17.1 Å². The van der Waals surface area contributed by atoms with Crippen LogP contribution in [-0.2, 0) is 18.4 Å². The van der Waals surface area contributed by atoms with Gasteiger partial charge in [-0.1, -0.05) is 30.3 Å². The van der Waals surface area contributed by atoms with Crippen molar-refractivity contribution in [2.75, 3.05) is 13.1 Å². The van der Waals surface area contributed by atoms with E-state index in [0.29, 0.717) is 23.6 Å². The molecule has 1 aliphatic rings. The number of carbonyl (C=O) groups excluding carboxylic acids is 1. The molecule has 1 saturated heterocycles. The number of piperidine rings is 1. The smallest absolute Gasteiger partial charge is 0.330 e. The van der Waals surface area contributed by atoms with E-state index in [0.717, 1.165) is 19.4 Å². The number of pyridine rings is 1. The SMILES string of the molecule is Cn1c(=O)n(CC(=O)N2CCC[C@H](c3ccccc3)C2)c2cccnc21. The number of imidazole rings is 1. The molecule has 3 heterocycles. The molecule has 1 atom stereocenters. The molecule has 0 unspecified atom stereocenters. The molecule has 0 radical (unpaired) electrons. The lowest BCUT2D eigenvalue weighted by molar-refractivity contribution is -0.133. The molecular weight excluding hydrogens is 328 g/mol. The number of aryl methyl sites for hydroxylation is 1. The van der Waals surface area contributed by atoms with Gasteiger partial charge < -0.3 is 4.90 Å². The van der Waals surface area contributed by atoms with Crippen LogP contribution >= 0.6 is 0 Å². The zero-order chi connectivity index (χ0) is 18.1. The highest BCUT2D eigenvalue weighted by molar-refractivity contribution is 5.79. The van der Waals surface area contributed by atoms with E-state index in [4.69, 9.17) is 0 Å². The minimum absolute atomic E-state index is 0.0101. The first-order valence-electron chi connectivity index (χ1n) is 8.98. The monoisotopic (exact) mass is 350 g/mol. The molecule has 1 amide bonds. The maximum absolute atomic E-state index is 12.9. The summed E-state index contributed by atoms with van der Waals surface area (Å²) in [4.78, 5) is 31.5. The van der Waals surface area contributed by atoms with Gasteiger partial charge >= 0.3 is 5.69 Å². The summed E-state index contributed by atoms with van der Waals surface area (Å²) >= 11 is 0. The summed E-state index contributed by atoms with van der Waals surface area (Å²) in [6.07, 6.45) is 3.73. The first-order valence-corrected chi connectivity index (χ1v) is 8.98. The van der Waals surface area contributed by atoms with Crippen molar-refractivity contribution in [2.24, 2.45) is 7.05 Å². The predicted octanol–water partition coefficient (Wildman–Crippen LogP) is 2.14. The second-order valence-corrected chi connectivity index (χ2v) is 6.86. The summed E-state index contributed by atoms with van der Waals surface area (Å²) in [6.45, 7) is 1.52. The van der Waals surface area contributed by atoms with Crippen LogP contribution in [-0.4, -0.2) is 38.0 Å². The number of likely N-dealkylation sites (tertiary alicyclic amines) is 1. The van der Waals surface area contributed by atoms with Gasteiger partial charge in [0.25, 0.3) is 0 Å². The number of carbonyl (C=O) groups is 1. The molecule has 0 bridgehead atoms. The Balaban J connectivity index is 1.55. The van der Waals surface area contributed by atoms with Crippen molar-refractivity contribution in [1.29, 1.82) is 0 Å². The molecule has 26 heavy (non-hydrogen) atoms. The van der Waals surface area contributed by atoms with Crippen LogP contribution in [0.25, 0.3) is 11.2 Å². The number of hydrogen-bond acceptors (Lipinski definition) is 3. The van der Waals surface area contributed by atoms with Crippen LogP contribution in [0.15, 0.2) is 53.5 Å². The van der Waals surface area contributed by atoms with Crippen molar-refractivity contribution in [1.82, 2.24) is 19.0 Å². The van der Waals surface area contributed by atoms with E-state index in [1.807, 2.05) is 29.2 Å². The average Bonchev–Trinajstić information content (AvgIpc) is 2.94. The lowest BCUT2D eigenvalue weighted by Gasteiger charge is -2.33. The van der Waals surface area contributed by atoms with Crippen LogP contribution in [0.3, 0.4) is 0 Å². The van der Waals surface area contributed by atoms with Gasteiger partial charge in [0.05, 0.1) is 5.52 Å². The highest BCUT2D eigenvalue weighted by Gasteiger charge is 2.25. The Labute approximate surface area is 151 Å². The summed E-state index contributed by atoms with van der Waals surface area (Å²) in [5.74, 6) is 0.351. The molecular formula is C20H22N4O2. The largest absolute Gasteiger partial charge is 0.341 e. The summed E-state index contributed by atoms with van der Waals surface area (Å²) in [6, 6.07) is 14.0. The number of rotatable bonds is 3. The Kier molecular flexibility index (Phi) is 4.32. The first kappa shape index (κ1) is 16.6. The normalized spacial score (nSPS) is 17.6. The molecule has 1 aliphatic heterocycles. The average molecular weight is 350 g/mol. The number of benzene rings is 1. The Morgan fingerprint density at radius 2 is 2.00 bits per heavy atom. The molecule has 0 aliphatic carbocycles. The third kappa shape index (κ3) is 2.92. The zero-order valence-electron chi connectivity index (χ0n) is 14.8. The van der Waals surface area contributed by atoms with Crippen LogP contribution in [0, 0.1) is 0 Å². The molecule has 134 valence electrons. The van der Waals surface area contributed by atoms with Crippen molar-refractivity contribution < 1.29 is 4.79 Å². The van der Waals surface area contributed by atoms with Crippen molar-refractivity contribution in [2.45, 2.75) is 25.3 Å². The molecule has 2 aromatic heterocycles. The van der Waals surface area contributed by atoms with Gasteiger partial charge in [-0.2, -0.15) is 0 Å². The van der Waals surface area contributed by atoms with E-state index in [1.165, 1.54) is 14.7 Å². The van der Waals surface area contributed by atoms with Crippen molar-refractivity contribution in [3.8, 4) is 0 Å². The fraction of sp³-hybridized carbons (Fsp3) is 0.350. The van der Waals surface area contributed by atoms with Gasteiger partial charge in [-0.3, -0.25) is 13.9 Å². The summed E-state index contributed by atoms with van der Waals surface area (Å²) in [5.41, 5.74) is 2.37. The van der Waals surface area contributed by atoms with Crippen LogP contribution in [0.1, 0.15) is 24.3 Å². The number of fused-ring (bicyclic) bond motifs is 1. The fourth-order valence-electron chi connectivity index (χ4n) is 3.82. The van der Waals surface area contributed by atoms with Gasteiger partial charge in [0.1, 0.15) is 6.54 Å². The summed E-state index contributed by atoms with van der Waals surface area (Å²) < 4.78 is 3.02. The Morgan fingerprint density at radius 3 is 2.81 bits per heavy atom.